The van der Waals surface area contributed by atoms with Gasteiger partial charge in [-0.3, -0.25) is 9.59 Å². The normalized spacial score (nSPS) is 14.1. The summed E-state index contributed by atoms with van der Waals surface area (Å²) in [5, 5.41) is 10.6. The molecule has 3 aromatic carbocycles. The molecule has 2 heterocycles. The van der Waals surface area contributed by atoms with Crippen LogP contribution in [0, 0.1) is 12.7 Å². The lowest BCUT2D eigenvalue weighted by atomic mass is 10.1. The molecule has 0 atom stereocenters. The standard InChI is InChI=1S/C30H22ClF4N5O3/c1-16-37-26(39-43-16)25-24(31)22-4-2-3-5-23(22)40(25)21-8-6-17(7-9-21)15-36-28(42)29(10-11-29)38-27(41)18-12-19(30(33,34)35)14-20(32)13-18/h2-9,12-14H,10-11,15H2,1H3,(H,36,42)(H,38,41). The number of aromatic nitrogens is 3. The quantitative estimate of drug-likeness (QED) is 0.208. The second-order valence-corrected chi connectivity index (χ2v) is 10.6. The van der Waals surface area contributed by atoms with Gasteiger partial charge >= 0.3 is 6.18 Å². The molecule has 0 bridgehead atoms. The van der Waals surface area contributed by atoms with E-state index in [1.807, 2.05) is 53.1 Å². The molecule has 0 aliphatic heterocycles. The maximum Gasteiger partial charge on any atom is 0.416 e. The second-order valence-electron chi connectivity index (χ2n) is 10.3. The molecule has 2 aromatic heterocycles. The lowest BCUT2D eigenvalue weighted by Gasteiger charge is -2.18. The van der Waals surface area contributed by atoms with E-state index in [1.54, 1.807) is 6.92 Å². The van der Waals surface area contributed by atoms with E-state index in [1.165, 1.54) is 0 Å². The fourth-order valence-electron chi connectivity index (χ4n) is 4.88. The van der Waals surface area contributed by atoms with Crippen molar-refractivity contribution in [3.63, 3.8) is 0 Å². The Hall–Kier alpha value is -4.71. The van der Waals surface area contributed by atoms with Crippen LogP contribution in [0.15, 0.2) is 71.3 Å². The first-order valence-electron chi connectivity index (χ1n) is 13.1. The van der Waals surface area contributed by atoms with Gasteiger partial charge in [0.05, 0.1) is 16.1 Å². The minimum atomic E-state index is -4.82. The summed E-state index contributed by atoms with van der Waals surface area (Å²) >= 11 is 6.74. The minimum absolute atomic E-state index is 0.124. The van der Waals surface area contributed by atoms with Gasteiger partial charge < -0.3 is 19.7 Å². The molecule has 2 N–H and O–H groups in total. The van der Waals surface area contributed by atoms with Gasteiger partial charge in [0, 0.05) is 30.1 Å². The summed E-state index contributed by atoms with van der Waals surface area (Å²) in [5.74, 6) is -1.93. The number of alkyl halides is 3. The van der Waals surface area contributed by atoms with Gasteiger partial charge in [0.25, 0.3) is 5.91 Å². The van der Waals surface area contributed by atoms with Crippen LogP contribution >= 0.6 is 11.6 Å². The summed E-state index contributed by atoms with van der Waals surface area (Å²) in [5.41, 5.74) is -0.181. The van der Waals surface area contributed by atoms with E-state index in [9.17, 15) is 27.2 Å². The highest BCUT2D eigenvalue weighted by molar-refractivity contribution is 6.38. The highest BCUT2D eigenvalue weighted by atomic mass is 35.5. The second kappa shape index (κ2) is 10.5. The molecule has 5 aromatic rings. The summed E-state index contributed by atoms with van der Waals surface area (Å²) < 4.78 is 60.1. The lowest BCUT2D eigenvalue weighted by molar-refractivity contribution is -0.137. The fourth-order valence-corrected chi connectivity index (χ4v) is 5.21. The van der Waals surface area contributed by atoms with Gasteiger partial charge in [0.2, 0.25) is 17.6 Å². The third-order valence-corrected chi connectivity index (χ3v) is 7.61. The maximum atomic E-state index is 13.8. The van der Waals surface area contributed by atoms with Crippen molar-refractivity contribution in [2.24, 2.45) is 0 Å². The Bertz CT molecular complexity index is 1880. The number of rotatable bonds is 7. The van der Waals surface area contributed by atoms with Crippen molar-refractivity contribution >= 4 is 34.3 Å². The molecule has 1 fully saturated rings. The molecule has 1 saturated carbocycles. The number of halogens is 5. The van der Waals surface area contributed by atoms with Crippen LogP contribution in [0.5, 0.6) is 0 Å². The van der Waals surface area contributed by atoms with E-state index in [0.717, 1.165) is 22.2 Å². The molecule has 8 nitrogen and oxygen atoms in total. The van der Waals surface area contributed by atoms with E-state index < -0.39 is 40.5 Å². The Morgan fingerprint density at radius 2 is 1.79 bits per heavy atom. The van der Waals surface area contributed by atoms with Gasteiger partial charge in [-0.05, 0) is 54.8 Å². The summed E-state index contributed by atoms with van der Waals surface area (Å²) in [4.78, 5) is 30.0. The number of benzene rings is 3. The van der Waals surface area contributed by atoms with E-state index in [4.69, 9.17) is 16.1 Å². The number of aryl methyl sites for hydroxylation is 1. The summed E-state index contributed by atoms with van der Waals surface area (Å²) in [7, 11) is 0. The number of nitrogens with one attached hydrogen (secondary N) is 2. The van der Waals surface area contributed by atoms with Crippen LogP contribution in [0.1, 0.15) is 40.2 Å². The first kappa shape index (κ1) is 28.4. The Morgan fingerprint density at radius 3 is 2.44 bits per heavy atom. The van der Waals surface area contributed by atoms with Crippen LogP contribution in [0.4, 0.5) is 17.6 Å². The van der Waals surface area contributed by atoms with E-state index >= 15 is 0 Å². The number of fused-ring (bicyclic) bond motifs is 1. The molecule has 43 heavy (non-hydrogen) atoms. The maximum absolute atomic E-state index is 13.8. The third kappa shape index (κ3) is 5.45. The first-order valence-corrected chi connectivity index (χ1v) is 13.5. The fraction of sp³-hybridized carbons (Fsp3) is 0.200. The van der Waals surface area contributed by atoms with E-state index in [0.29, 0.717) is 53.5 Å². The van der Waals surface area contributed by atoms with Gasteiger partial charge in [-0.1, -0.05) is 47.1 Å². The zero-order chi connectivity index (χ0) is 30.5. The van der Waals surface area contributed by atoms with Crippen LogP contribution in [-0.2, 0) is 17.5 Å². The molecule has 0 spiro atoms. The SMILES string of the molecule is Cc1nc(-c2c(Cl)c3ccccc3n2-c2ccc(CNC(=O)C3(NC(=O)c4cc(F)cc(C(F)(F)F)c4)CC3)cc2)no1. The monoisotopic (exact) mass is 611 g/mol. The van der Waals surface area contributed by atoms with Crippen molar-refractivity contribution in [2.45, 2.75) is 38.0 Å². The number of carbonyl (C=O) groups is 2. The van der Waals surface area contributed by atoms with E-state index in [2.05, 4.69) is 20.8 Å². The average molecular weight is 612 g/mol. The predicted octanol–water partition coefficient (Wildman–Crippen LogP) is 6.38. The van der Waals surface area contributed by atoms with Crippen LogP contribution in [0.25, 0.3) is 28.1 Å². The molecular weight excluding hydrogens is 590 g/mol. The van der Waals surface area contributed by atoms with E-state index in [-0.39, 0.29) is 6.54 Å². The van der Waals surface area contributed by atoms with Crippen molar-refractivity contribution < 1.29 is 31.7 Å². The van der Waals surface area contributed by atoms with Gasteiger partial charge in [-0.25, -0.2) is 4.39 Å². The van der Waals surface area contributed by atoms with Gasteiger partial charge in [0.1, 0.15) is 17.1 Å². The number of nitrogens with zero attached hydrogens (tertiary/aromatic N) is 3. The summed E-state index contributed by atoms with van der Waals surface area (Å²) in [6, 6.07) is 16.5. The number of hydrogen-bond donors (Lipinski definition) is 2. The van der Waals surface area contributed by atoms with Gasteiger partial charge in [0.15, 0.2) is 0 Å². The molecule has 0 radical (unpaired) electrons. The molecule has 220 valence electrons. The Morgan fingerprint density at radius 1 is 1.07 bits per heavy atom. The molecule has 13 heteroatoms. The zero-order valence-electron chi connectivity index (χ0n) is 22.4. The molecule has 0 saturated heterocycles. The summed E-state index contributed by atoms with van der Waals surface area (Å²) in [6.07, 6.45) is -4.23. The van der Waals surface area contributed by atoms with Crippen LogP contribution < -0.4 is 10.6 Å². The number of amides is 2. The largest absolute Gasteiger partial charge is 0.416 e. The molecule has 1 aliphatic carbocycles. The first-order chi connectivity index (χ1) is 20.4. The van der Waals surface area contributed by atoms with Crippen LogP contribution in [-0.4, -0.2) is 32.1 Å². The molecule has 0 unspecified atom stereocenters. The zero-order valence-corrected chi connectivity index (χ0v) is 23.2. The average Bonchev–Trinajstić information content (AvgIpc) is 3.54. The summed E-state index contributed by atoms with van der Waals surface area (Å²) in [6.45, 7) is 1.81. The minimum Gasteiger partial charge on any atom is -0.350 e. The Labute approximate surface area is 246 Å². The van der Waals surface area contributed by atoms with Crippen LogP contribution in [0.3, 0.4) is 0 Å². The number of hydrogen-bond acceptors (Lipinski definition) is 5. The van der Waals surface area contributed by atoms with Crippen molar-refractivity contribution in [3.05, 3.63) is 100 Å². The molecule has 2 amide bonds. The van der Waals surface area contributed by atoms with Crippen molar-refractivity contribution in [1.29, 1.82) is 0 Å². The molecular formula is C30H22ClF4N5O3. The highest BCUT2D eigenvalue weighted by Crippen LogP contribution is 2.39. The smallest absolute Gasteiger partial charge is 0.350 e. The van der Waals surface area contributed by atoms with Crippen molar-refractivity contribution in [1.82, 2.24) is 25.3 Å². The third-order valence-electron chi connectivity index (χ3n) is 7.22. The lowest BCUT2D eigenvalue weighted by Crippen LogP contribution is -2.48. The number of carbonyl (C=O) groups excluding carboxylic acids is 2. The van der Waals surface area contributed by atoms with Crippen molar-refractivity contribution in [2.75, 3.05) is 0 Å². The number of para-hydroxylation sites is 1. The van der Waals surface area contributed by atoms with Gasteiger partial charge in [-0.15, -0.1) is 0 Å². The van der Waals surface area contributed by atoms with Gasteiger partial charge in [-0.2, -0.15) is 18.2 Å². The highest BCUT2D eigenvalue weighted by Gasteiger charge is 2.51. The van der Waals surface area contributed by atoms with Crippen LogP contribution in [0.2, 0.25) is 5.02 Å². The molecule has 6 rings (SSSR count). The van der Waals surface area contributed by atoms with Crippen molar-refractivity contribution in [3.8, 4) is 17.2 Å². The Kier molecular flexibility index (Phi) is 6.96. The topological polar surface area (TPSA) is 102 Å². The molecule has 1 aliphatic rings. The predicted molar refractivity (Wildman–Crippen MR) is 149 cm³/mol. The Balaban J connectivity index is 1.17.